The van der Waals surface area contributed by atoms with Gasteiger partial charge in [-0.1, -0.05) is 95.2 Å². The van der Waals surface area contributed by atoms with E-state index in [1.165, 1.54) is 91.7 Å². The second-order valence-corrected chi connectivity index (χ2v) is 30.7. The van der Waals surface area contributed by atoms with Gasteiger partial charge in [0.1, 0.15) is 66.5 Å². The zero-order valence-electron chi connectivity index (χ0n) is 64.8. The fraction of sp³-hybridized carbons (Fsp3) is 0.789. The number of rotatable bonds is 23. The summed E-state index contributed by atoms with van der Waals surface area (Å²) in [5, 5.41) is 34.7. The van der Waals surface area contributed by atoms with Crippen molar-refractivity contribution in [1.29, 1.82) is 0 Å². The van der Waals surface area contributed by atoms with Gasteiger partial charge >= 0.3 is 11.9 Å². The Morgan fingerprint density at radius 1 is 0.530 bits per heavy atom. The summed E-state index contributed by atoms with van der Waals surface area (Å²) in [4.78, 5) is 198. The molecule has 1 saturated heterocycles. The Bertz CT molecular complexity index is 2800. The van der Waals surface area contributed by atoms with Gasteiger partial charge in [0.05, 0.1) is 25.9 Å². The standard InChI is InChI=1S/C71H125N11O17S/c1-27-29-31-44(13)57(83)56-61(87)74-48(28-2)63(89)80(22)53(38-100-33-30-32-47(69(95)98-25)70(96)99-26)66(92)79(21)52(37-71(16,17)97)60(86)75-54(42(9)10)67(93)76(18)49(34-39(3)4)59(85)72-45(14)58(84)73-46(15)62(88)77(19)50(35-40(5)6)64(90)78(20)51(36-41(7)8)65(91)81(23)55(43(11)12)68(94)82(56)24/h27,29,39-57,83,97H,28,30-38H2,1-26H3,(H,72,85)(H,73,84)(H,74,87)(H,75,86)/b29-27+/t44-,45+,46-,48+,49+,50+,51+,52+,53-,54+,55+,56+,57-/m1/s1. The predicted molar refractivity (Wildman–Crippen MR) is 383 cm³/mol. The maximum atomic E-state index is 15.5. The molecule has 0 spiro atoms. The predicted octanol–water partition coefficient (Wildman–Crippen LogP) is 3.23. The lowest BCUT2D eigenvalue weighted by molar-refractivity contribution is -0.159. The molecule has 0 bridgehead atoms. The molecule has 0 unspecified atom stereocenters. The Kier molecular flexibility index (Phi) is 38.2. The first-order valence-electron chi connectivity index (χ1n) is 35.1. The van der Waals surface area contributed by atoms with Gasteiger partial charge in [-0.05, 0) is 121 Å². The van der Waals surface area contributed by atoms with Gasteiger partial charge in [0.2, 0.25) is 65.0 Å². The van der Waals surface area contributed by atoms with Crippen molar-refractivity contribution in [2.45, 2.75) is 247 Å². The number of methoxy groups -OCH3 is 2. The summed E-state index contributed by atoms with van der Waals surface area (Å²) >= 11 is 1.15. The van der Waals surface area contributed by atoms with E-state index in [4.69, 9.17) is 9.47 Å². The highest BCUT2D eigenvalue weighted by Gasteiger charge is 2.47. The second kappa shape index (κ2) is 41.9. The summed E-state index contributed by atoms with van der Waals surface area (Å²) in [7, 11) is 11.8. The van der Waals surface area contributed by atoms with Crippen molar-refractivity contribution in [2.75, 3.05) is 75.1 Å². The zero-order chi connectivity index (χ0) is 77.5. The van der Waals surface area contributed by atoms with Crippen LogP contribution in [0.3, 0.4) is 0 Å². The molecule has 1 aliphatic rings. The van der Waals surface area contributed by atoms with Gasteiger partial charge < -0.3 is 75.3 Å². The van der Waals surface area contributed by atoms with E-state index in [1.54, 1.807) is 60.6 Å². The molecule has 1 heterocycles. The number of aliphatic hydroxyl groups is 2. The molecule has 0 aromatic carbocycles. The van der Waals surface area contributed by atoms with Gasteiger partial charge in [0, 0.05) is 61.5 Å². The van der Waals surface area contributed by atoms with Gasteiger partial charge in [0.25, 0.3) is 0 Å². The highest BCUT2D eigenvalue weighted by molar-refractivity contribution is 7.99. The number of nitrogens with zero attached hydrogens (tertiary/aromatic N) is 7. The third-order valence-corrected chi connectivity index (χ3v) is 19.5. The van der Waals surface area contributed by atoms with Crippen LogP contribution in [-0.2, 0) is 71.8 Å². The maximum Gasteiger partial charge on any atom is 0.320 e. The Morgan fingerprint density at radius 3 is 1.42 bits per heavy atom. The smallest absolute Gasteiger partial charge is 0.320 e. The number of carbonyl (C=O) groups is 13. The zero-order valence-corrected chi connectivity index (χ0v) is 65.6. The number of amides is 11. The van der Waals surface area contributed by atoms with Crippen molar-refractivity contribution in [3.8, 4) is 0 Å². The Labute approximate surface area is 599 Å². The molecule has 28 nitrogen and oxygen atoms in total. The molecule has 13 atom stereocenters. The molecule has 11 amide bonds. The van der Waals surface area contributed by atoms with Gasteiger partial charge in [-0.3, -0.25) is 62.3 Å². The number of nitrogens with one attached hydrogen (secondary N) is 4. The number of carbonyl (C=O) groups excluding carboxylic acids is 13. The summed E-state index contributed by atoms with van der Waals surface area (Å²) < 4.78 is 9.67. The summed E-state index contributed by atoms with van der Waals surface area (Å²) in [5.41, 5.74) is -1.66. The summed E-state index contributed by atoms with van der Waals surface area (Å²) in [6, 6.07) is -15.1. The van der Waals surface area contributed by atoms with E-state index < -0.39 is 185 Å². The molecule has 29 heteroatoms. The topological polar surface area (TPSA) is 352 Å². The number of allylic oxidation sites excluding steroid dienone is 2. The number of aliphatic hydroxyl groups excluding tert-OH is 1. The minimum absolute atomic E-state index is 0.0141. The van der Waals surface area contributed by atoms with Crippen molar-refractivity contribution in [3.05, 3.63) is 12.2 Å². The highest BCUT2D eigenvalue weighted by Crippen LogP contribution is 2.27. The number of likely N-dealkylation sites (N-methyl/N-ethyl adjacent to an activating group) is 7. The largest absolute Gasteiger partial charge is 0.468 e. The quantitative estimate of drug-likeness (QED) is 0.0370. The summed E-state index contributed by atoms with van der Waals surface area (Å²) in [6.07, 6.45) is 2.13. The van der Waals surface area contributed by atoms with Gasteiger partial charge in [-0.2, -0.15) is 11.8 Å². The normalized spacial score (nSPS) is 25.4. The van der Waals surface area contributed by atoms with Crippen LogP contribution in [0.15, 0.2) is 12.2 Å². The number of esters is 2. The Balaban J connectivity index is 4.62. The van der Waals surface area contributed by atoms with Crippen LogP contribution in [0.1, 0.15) is 169 Å². The average molecular weight is 1440 g/mol. The molecule has 1 fully saturated rings. The van der Waals surface area contributed by atoms with Crippen LogP contribution in [0.25, 0.3) is 0 Å². The van der Waals surface area contributed by atoms with Crippen molar-refractivity contribution in [1.82, 2.24) is 55.6 Å². The van der Waals surface area contributed by atoms with E-state index in [2.05, 4.69) is 21.3 Å². The van der Waals surface area contributed by atoms with Crippen LogP contribution in [0.2, 0.25) is 0 Å². The van der Waals surface area contributed by atoms with Gasteiger partial charge in [-0.25, -0.2) is 0 Å². The molecule has 0 aromatic heterocycles. The molecular weight excluding hydrogens is 1310 g/mol. The number of ether oxygens (including phenoxy) is 2. The molecular formula is C71H125N11O17S. The van der Waals surface area contributed by atoms with Gasteiger partial charge in [0.15, 0.2) is 5.92 Å². The lowest BCUT2D eigenvalue weighted by atomic mass is 9.91. The molecule has 100 heavy (non-hydrogen) atoms. The first kappa shape index (κ1) is 91.1. The maximum absolute atomic E-state index is 15.5. The average Bonchev–Trinajstić information content (AvgIpc) is 0.801. The van der Waals surface area contributed by atoms with Gasteiger partial charge in [-0.15, -0.1) is 0 Å². The fourth-order valence-corrected chi connectivity index (χ4v) is 13.3. The highest BCUT2D eigenvalue weighted by atomic mass is 32.2. The monoisotopic (exact) mass is 1440 g/mol. The molecule has 0 saturated carbocycles. The first-order chi connectivity index (χ1) is 46.2. The van der Waals surface area contributed by atoms with E-state index in [0.29, 0.717) is 0 Å². The van der Waals surface area contributed by atoms with Crippen molar-refractivity contribution in [2.24, 2.45) is 41.4 Å². The van der Waals surface area contributed by atoms with E-state index >= 15 is 33.6 Å². The van der Waals surface area contributed by atoms with Crippen LogP contribution in [0.5, 0.6) is 0 Å². The van der Waals surface area contributed by atoms with Crippen LogP contribution in [-0.4, -0.2) is 275 Å². The van der Waals surface area contributed by atoms with Crippen LogP contribution >= 0.6 is 11.8 Å². The lowest BCUT2D eigenvalue weighted by Gasteiger charge is -2.41. The Hall–Kier alpha value is -6.88. The molecule has 1 rings (SSSR count). The minimum atomic E-state index is -1.72. The molecule has 1 aliphatic heterocycles. The molecule has 0 radical (unpaired) electrons. The molecule has 0 aliphatic carbocycles. The third kappa shape index (κ3) is 26.2. The van der Waals surface area contributed by atoms with Crippen LogP contribution in [0, 0.1) is 41.4 Å². The number of hydrogen-bond acceptors (Lipinski definition) is 18. The summed E-state index contributed by atoms with van der Waals surface area (Å²) in [5.74, 6) is -14.0. The molecule has 6 N–H and O–H groups in total. The lowest BCUT2D eigenvalue weighted by Crippen LogP contribution is -2.64. The number of thioether (sulfide) groups is 1. The van der Waals surface area contributed by atoms with E-state index in [1.807, 2.05) is 41.5 Å². The summed E-state index contributed by atoms with van der Waals surface area (Å²) in [6.45, 7) is 28.4. The van der Waals surface area contributed by atoms with E-state index in [0.717, 1.165) is 45.6 Å². The van der Waals surface area contributed by atoms with E-state index in [-0.39, 0.29) is 74.2 Å². The second-order valence-electron chi connectivity index (χ2n) is 29.5. The van der Waals surface area contributed by atoms with Crippen LogP contribution < -0.4 is 21.3 Å². The molecule has 572 valence electrons. The fourth-order valence-electron chi connectivity index (χ4n) is 12.2. The first-order valence-corrected chi connectivity index (χ1v) is 36.2. The van der Waals surface area contributed by atoms with E-state index in [9.17, 15) is 39.0 Å². The van der Waals surface area contributed by atoms with Crippen molar-refractivity contribution >= 4 is 88.7 Å². The number of hydrogen-bond donors (Lipinski definition) is 6. The minimum Gasteiger partial charge on any atom is -0.468 e. The SMILES string of the molecule is C/C=C/C[C@@H](C)[C@@H](O)[C@H]1C(=O)N[C@@H](CC)C(=O)N(C)[C@H](CSCCCC(C(=O)OC)C(=O)OC)C(=O)N(C)[C@@H](CC(C)(C)O)C(=O)N[C@@H](C(C)C)C(=O)N(C)[C@@H](CC(C)C)C(=O)N[C@@H](C)C(=O)N[C@H](C)C(=O)N(C)[C@@H](CC(C)C)C(=O)N(C)[C@@H](CC(C)C)C(=O)N(C)[C@@H](C(C)C)C(=O)N1C. The van der Waals surface area contributed by atoms with Crippen LogP contribution in [0.4, 0.5) is 0 Å². The van der Waals surface area contributed by atoms with Crippen molar-refractivity contribution in [3.63, 3.8) is 0 Å². The third-order valence-electron chi connectivity index (χ3n) is 18.4. The van der Waals surface area contributed by atoms with Crippen molar-refractivity contribution < 1.29 is 82.0 Å². The molecule has 0 aromatic rings. The Morgan fingerprint density at radius 2 is 0.960 bits per heavy atom.